The number of aliphatic hydroxyl groups excluding tert-OH is 1. The molecule has 0 bridgehead atoms. The van der Waals surface area contributed by atoms with Crippen LogP contribution in [0.4, 0.5) is 8.78 Å². The minimum absolute atomic E-state index is 0.339. The van der Waals surface area contributed by atoms with E-state index in [1.807, 2.05) is 0 Å². The summed E-state index contributed by atoms with van der Waals surface area (Å²) in [4.78, 5) is 0.654. The third kappa shape index (κ3) is 2.79. The molecule has 0 aromatic heterocycles. The van der Waals surface area contributed by atoms with Gasteiger partial charge in [-0.3, -0.25) is 0 Å². The Morgan fingerprint density at radius 1 is 1.33 bits per heavy atom. The monoisotopic (exact) mass is 190 g/mol. The van der Waals surface area contributed by atoms with Crippen molar-refractivity contribution in [1.29, 1.82) is 0 Å². The van der Waals surface area contributed by atoms with Crippen LogP contribution in [0.25, 0.3) is 0 Å². The van der Waals surface area contributed by atoms with E-state index in [1.165, 1.54) is 24.3 Å². The summed E-state index contributed by atoms with van der Waals surface area (Å²) in [5, 5.41) is 8.87. The molecule has 12 heavy (non-hydrogen) atoms. The van der Waals surface area contributed by atoms with Gasteiger partial charge in [-0.2, -0.15) is 0 Å². The number of thioether (sulfide) groups is 1. The zero-order valence-corrected chi connectivity index (χ0v) is 7.02. The largest absolute Gasteiger partial charge is 0.379 e. The van der Waals surface area contributed by atoms with Crippen LogP contribution < -0.4 is 0 Å². The maximum absolute atomic E-state index is 12.4. The van der Waals surface area contributed by atoms with Gasteiger partial charge in [-0.05, 0) is 24.3 Å². The van der Waals surface area contributed by atoms with Gasteiger partial charge in [-0.25, -0.2) is 8.78 Å². The molecule has 0 saturated carbocycles. The van der Waals surface area contributed by atoms with Crippen LogP contribution in [0.1, 0.15) is 0 Å². The summed E-state index contributed by atoms with van der Waals surface area (Å²) in [5.41, 5.74) is -1.06. The van der Waals surface area contributed by atoms with Crippen molar-refractivity contribution in [3.05, 3.63) is 30.1 Å². The number of hydrogen-bond acceptors (Lipinski definition) is 2. The molecule has 0 amide bonds. The standard InChI is InChI=1S/C8H8F2OS/c9-5-8(11)12-7-3-1-6(10)2-4-7/h1-4,8,11H,5H2/t8-/m0/s1. The van der Waals surface area contributed by atoms with Crippen LogP contribution in [0, 0.1) is 5.82 Å². The minimum atomic E-state index is -1.06. The van der Waals surface area contributed by atoms with E-state index in [9.17, 15) is 8.78 Å². The molecule has 1 rings (SSSR count). The molecule has 0 aliphatic heterocycles. The first-order valence-electron chi connectivity index (χ1n) is 3.38. The van der Waals surface area contributed by atoms with Gasteiger partial charge in [0.15, 0.2) is 0 Å². The number of rotatable bonds is 3. The van der Waals surface area contributed by atoms with Crippen molar-refractivity contribution < 1.29 is 13.9 Å². The van der Waals surface area contributed by atoms with Crippen LogP contribution in [-0.4, -0.2) is 17.2 Å². The SMILES string of the molecule is O[C@H](CF)Sc1ccc(F)cc1. The van der Waals surface area contributed by atoms with Gasteiger partial charge in [0.05, 0.1) is 0 Å². The third-order valence-corrected chi connectivity index (χ3v) is 2.16. The Hall–Kier alpha value is -0.610. The van der Waals surface area contributed by atoms with E-state index in [4.69, 9.17) is 5.11 Å². The Kier molecular flexibility index (Phi) is 3.49. The van der Waals surface area contributed by atoms with Gasteiger partial charge < -0.3 is 5.11 Å². The lowest BCUT2D eigenvalue weighted by atomic mass is 10.4. The predicted octanol–water partition coefficient (Wildman–Crippen LogP) is 2.21. The molecule has 0 saturated heterocycles. The Balaban J connectivity index is 2.58. The normalized spacial score (nSPS) is 12.9. The van der Waals surface area contributed by atoms with E-state index < -0.39 is 12.1 Å². The molecule has 66 valence electrons. The molecular formula is C8H8F2OS. The van der Waals surface area contributed by atoms with Gasteiger partial charge in [-0.15, -0.1) is 0 Å². The molecule has 0 spiro atoms. The number of aliphatic hydroxyl groups is 1. The van der Waals surface area contributed by atoms with E-state index >= 15 is 0 Å². The van der Waals surface area contributed by atoms with E-state index in [0.717, 1.165) is 11.8 Å². The van der Waals surface area contributed by atoms with Crippen molar-refractivity contribution in [2.75, 3.05) is 6.67 Å². The molecule has 0 heterocycles. The summed E-state index contributed by atoms with van der Waals surface area (Å²) < 4.78 is 24.2. The predicted molar refractivity (Wildman–Crippen MR) is 44.2 cm³/mol. The van der Waals surface area contributed by atoms with Crippen molar-refractivity contribution >= 4 is 11.8 Å². The van der Waals surface area contributed by atoms with Gasteiger partial charge in [0.1, 0.15) is 17.9 Å². The van der Waals surface area contributed by atoms with Gasteiger partial charge in [0, 0.05) is 4.90 Å². The first-order valence-corrected chi connectivity index (χ1v) is 4.26. The lowest BCUT2D eigenvalue weighted by molar-refractivity contribution is 0.220. The highest BCUT2D eigenvalue weighted by atomic mass is 32.2. The topological polar surface area (TPSA) is 20.2 Å². The van der Waals surface area contributed by atoms with Gasteiger partial charge in [0.2, 0.25) is 0 Å². The maximum atomic E-state index is 12.4. The molecule has 1 N–H and O–H groups in total. The van der Waals surface area contributed by atoms with Crippen LogP contribution in [0.15, 0.2) is 29.2 Å². The first kappa shape index (κ1) is 9.48. The van der Waals surface area contributed by atoms with E-state index in [2.05, 4.69) is 0 Å². The fourth-order valence-corrected chi connectivity index (χ4v) is 1.37. The van der Waals surface area contributed by atoms with Crippen molar-refractivity contribution in [3.8, 4) is 0 Å². The van der Waals surface area contributed by atoms with Crippen LogP contribution in [0.5, 0.6) is 0 Å². The minimum Gasteiger partial charge on any atom is -0.379 e. The molecule has 1 aromatic carbocycles. The van der Waals surface area contributed by atoms with Gasteiger partial charge >= 0.3 is 0 Å². The number of hydrogen-bond donors (Lipinski definition) is 1. The second kappa shape index (κ2) is 4.42. The second-order valence-electron chi connectivity index (χ2n) is 2.18. The summed E-state index contributed by atoms with van der Waals surface area (Å²) >= 11 is 0.966. The highest BCUT2D eigenvalue weighted by Gasteiger charge is 2.04. The number of benzene rings is 1. The maximum Gasteiger partial charge on any atom is 0.132 e. The lowest BCUT2D eigenvalue weighted by Crippen LogP contribution is -2.01. The quantitative estimate of drug-likeness (QED) is 0.582. The van der Waals surface area contributed by atoms with Crippen molar-refractivity contribution in [1.82, 2.24) is 0 Å². The molecule has 0 radical (unpaired) electrons. The summed E-state index contributed by atoms with van der Waals surface area (Å²) in [6, 6.07) is 5.54. The Morgan fingerprint density at radius 2 is 1.92 bits per heavy atom. The average molecular weight is 190 g/mol. The molecule has 0 aliphatic rings. The first-order chi connectivity index (χ1) is 5.72. The van der Waals surface area contributed by atoms with Crippen LogP contribution >= 0.6 is 11.8 Å². The highest BCUT2D eigenvalue weighted by Crippen LogP contribution is 2.21. The fraction of sp³-hybridized carbons (Fsp3) is 0.250. The number of halogens is 2. The Morgan fingerprint density at radius 3 is 2.42 bits per heavy atom. The van der Waals surface area contributed by atoms with Gasteiger partial charge in [0.25, 0.3) is 0 Å². The molecule has 1 nitrogen and oxygen atoms in total. The van der Waals surface area contributed by atoms with Crippen LogP contribution in [-0.2, 0) is 0 Å². The zero-order chi connectivity index (χ0) is 8.97. The van der Waals surface area contributed by atoms with Crippen molar-refractivity contribution in [2.45, 2.75) is 10.3 Å². The van der Waals surface area contributed by atoms with Crippen molar-refractivity contribution in [3.63, 3.8) is 0 Å². The summed E-state index contributed by atoms with van der Waals surface area (Å²) in [6.45, 7) is -0.804. The lowest BCUT2D eigenvalue weighted by Gasteiger charge is -2.04. The Bertz CT molecular complexity index is 237. The summed E-state index contributed by atoms with van der Waals surface area (Å²) in [5.74, 6) is -0.339. The molecule has 1 aromatic rings. The van der Waals surface area contributed by atoms with E-state index in [1.54, 1.807) is 0 Å². The fourth-order valence-electron chi connectivity index (χ4n) is 0.702. The summed E-state index contributed by atoms with van der Waals surface area (Å²) in [6.07, 6.45) is 0. The molecule has 0 fully saturated rings. The molecule has 0 unspecified atom stereocenters. The molecule has 4 heteroatoms. The summed E-state index contributed by atoms with van der Waals surface area (Å²) in [7, 11) is 0. The average Bonchev–Trinajstić information content (AvgIpc) is 2.09. The number of alkyl halides is 1. The van der Waals surface area contributed by atoms with E-state index in [0.29, 0.717) is 4.90 Å². The van der Waals surface area contributed by atoms with Crippen molar-refractivity contribution in [2.24, 2.45) is 0 Å². The Labute approximate surface area is 73.4 Å². The second-order valence-corrected chi connectivity index (χ2v) is 3.43. The third-order valence-electron chi connectivity index (χ3n) is 1.22. The molecule has 1 atom stereocenters. The zero-order valence-electron chi connectivity index (χ0n) is 6.21. The smallest absolute Gasteiger partial charge is 0.132 e. The van der Waals surface area contributed by atoms with Gasteiger partial charge in [-0.1, -0.05) is 11.8 Å². The highest BCUT2D eigenvalue weighted by molar-refractivity contribution is 7.99. The van der Waals surface area contributed by atoms with E-state index in [-0.39, 0.29) is 5.82 Å². The van der Waals surface area contributed by atoms with Crippen LogP contribution in [0.2, 0.25) is 0 Å². The molecule has 0 aliphatic carbocycles. The van der Waals surface area contributed by atoms with Crippen LogP contribution in [0.3, 0.4) is 0 Å². The molecular weight excluding hydrogens is 182 g/mol.